The van der Waals surface area contributed by atoms with Crippen LogP contribution in [0.3, 0.4) is 0 Å². The van der Waals surface area contributed by atoms with Crippen molar-refractivity contribution in [2.24, 2.45) is 17.3 Å². The summed E-state index contributed by atoms with van der Waals surface area (Å²) < 4.78 is 26.1. The van der Waals surface area contributed by atoms with Crippen molar-refractivity contribution in [3.05, 3.63) is 0 Å². The minimum Gasteiger partial charge on any atom is -0.207 e. The lowest BCUT2D eigenvalue weighted by atomic mass is 9.73. The van der Waals surface area contributed by atoms with E-state index in [0.29, 0.717) is 24.2 Å². The van der Waals surface area contributed by atoms with Crippen LogP contribution in [0.25, 0.3) is 0 Å². The van der Waals surface area contributed by atoms with Gasteiger partial charge < -0.3 is 0 Å². The summed E-state index contributed by atoms with van der Waals surface area (Å²) in [6.45, 7) is 7.76. The molecule has 0 aromatic heterocycles. The number of halogens is 2. The molecule has 0 bridgehead atoms. The third-order valence-electron chi connectivity index (χ3n) is 3.46. The van der Waals surface area contributed by atoms with E-state index in [-0.39, 0.29) is 5.92 Å². The Labute approximate surface area is 92.4 Å². The first-order valence-electron chi connectivity index (χ1n) is 6.06. The highest BCUT2D eigenvalue weighted by atomic mass is 19.3. The maximum absolute atomic E-state index is 13.1. The zero-order valence-corrected chi connectivity index (χ0v) is 10.4. The molecule has 15 heavy (non-hydrogen) atoms. The third kappa shape index (κ3) is 4.48. The lowest BCUT2D eigenvalue weighted by Gasteiger charge is -2.34. The van der Waals surface area contributed by atoms with Crippen LogP contribution in [0.2, 0.25) is 0 Å². The second-order valence-corrected chi connectivity index (χ2v) is 6.44. The zero-order chi connectivity index (χ0) is 11.7. The van der Waals surface area contributed by atoms with E-state index in [2.05, 4.69) is 20.8 Å². The Hall–Kier alpha value is -0.140. The minimum atomic E-state index is -2.47. The van der Waals surface area contributed by atoms with Gasteiger partial charge >= 0.3 is 0 Å². The first-order valence-corrected chi connectivity index (χ1v) is 6.06. The molecule has 90 valence electrons. The van der Waals surface area contributed by atoms with Crippen LogP contribution >= 0.6 is 0 Å². The summed E-state index contributed by atoms with van der Waals surface area (Å²) in [4.78, 5) is 0. The molecular weight excluding hydrogens is 194 g/mol. The summed E-state index contributed by atoms with van der Waals surface area (Å²) in [6, 6.07) is 0. The number of hydrogen-bond acceptors (Lipinski definition) is 0. The standard InChI is InChI=1S/C13H24F2/c1-12(2,3)9-10-5-7-11(8-6-10)13(4,14)15/h10-11H,5-9H2,1-4H3. The molecule has 2 heteroatoms. The molecule has 1 fully saturated rings. The van der Waals surface area contributed by atoms with E-state index in [4.69, 9.17) is 0 Å². The smallest absolute Gasteiger partial charge is 0.207 e. The molecule has 0 aromatic rings. The predicted octanol–water partition coefficient (Wildman–Crippen LogP) is 4.88. The van der Waals surface area contributed by atoms with Crippen molar-refractivity contribution in [1.82, 2.24) is 0 Å². The fourth-order valence-corrected chi connectivity index (χ4v) is 2.74. The Morgan fingerprint density at radius 1 is 0.933 bits per heavy atom. The van der Waals surface area contributed by atoms with Crippen molar-refractivity contribution in [2.75, 3.05) is 0 Å². The van der Waals surface area contributed by atoms with Gasteiger partial charge in [-0.3, -0.25) is 0 Å². The van der Waals surface area contributed by atoms with Gasteiger partial charge in [-0.05, 0) is 50.4 Å². The van der Waals surface area contributed by atoms with Crippen LogP contribution in [-0.2, 0) is 0 Å². The lowest BCUT2D eigenvalue weighted by molar-refractivity contribution is -0.0592. The number of hydrogen-bond donors (Lipinski definition) is 0. The van der Waals surface area contributed by atoms with Crippen LogP contribution in [-0.4, -0.2) is 5.92 Å². The molecule has 1 aliphatic carbocycles. The van der Waals surface area contributed by atoms with Crippen LogP contribution in [0.5, 0.6) is 0 Å². The van der Waals surface area contributed by atoms with E-state index in [1.54, 1.807) is 0 Å². The minimum absolute atomic E-state index is 0.340. The number of rotatable bonds is 2. The molecule has 0 saturated heterocycles. The summed E-state index contributed by atoms with van der Waals surface area (Å²) in [5, 5.41) is 0. The van der Waals surface area contributed by atoms with Crippen LogP contribution in [0.1, 0.15) is 59.8 Å². The van der Waals surface area contributed by atoms with Gasteiger partial charge in [-0.1, -0.05) is 20.8 Å². The van der Waals surface area contributed by atoms with Gasteiger partial charge in [0.05, 0.1) is 0 Å². The van der Waals surface area contributed by atoms with Gasteiger partial charge in [0.1, 0.15) is 0 Å². The average molecular weight is 218 g/mol. The van der Waals surface area contributed by atoms with Crippen molar-refractivity contribution < 1.29 is 8.78 Å². The molecule has 0 aromatic carbocycles. The quantitative estimate of drug-likeness (QED) is 0.619. The van der Waals surface area contributed by atoms with Gasteiger partial charge in [0.2, 0.25) is 5.92 Å². The van der Waals surface area contributed by atoms with Gasteiger partial charge in [0.15, 0.2) is 0 Å². The Morgan fingerprint density at radius 2 is 1.40 bits per heavy atom. The van der Waals surface area contributed by atoms with Gasteiger partial charge in [-0.15, -0.1) is 0 Å². The summed E-state index contributed by atoms with van der Waals surface area (Å²) in [7, 11) is 0. The molecule has 0 unspecified atom stereocenters. The maximum Gasteiger partial charge on any atom is 0.248 e. The fraction of sp³-hybridized carbons (Fsp3) is 1.00. The Balaban J connectivity index is 2.37. The highest BCUT2D eigenvalue weighted by Gasteiger charge is 2.37. The van der Waals surface area contributed by atoms with Gasteiger partial charge in [-0.2, -0.15) is 0 Å². The van der Waals surface area contributed by atoms with Crippen LogP contribution in [0.4, 0.5) is 8.78 Å². The van der Waals surface area contributed by atoms with E-state index >= 15 is 0 Å². The second-order valence-electron chi connectivity index (χ2n) is 6.44. The first-order chi connectivity index (χ1) is 6.68. The van der Waals surface area contributed by atoms with Crippen LogP contribution < -0.4 is 0 Å². The van der Waals surface area contributed by atoms with E-state index in [1.807, 2.05) is 0 Å². The predicted molar refractivity (Wildman–Crippen MR) is 60.1 cm³/mol. The topological polar surface area (TPSA) is 0 Å². The molecule has 0 nitrogen and oxygen atoms in total. The van der Waals surface area contributed by atoms with Crippen LogP contribution in [0.15, 0.2) is 0 Å². The zero-order valence-electron chi connectivity index (χ0n) is 10.4. The summed E-state index contributed by atoms with van der Waals surface area (Å²) in [5.74, 6) is -2.16. The Kier molecular flexibility index (Phi) is 3.78. The van der Waals surface area contributed by atoms with Gasteiger partial charge in [0.25, 0.3) is 0 Å². The molecule has 0 N–H and O–H groups in total. The highest BCUT2D eigenvalue weighted by Crippen LogP contribution is 2.41. The van der Waals surface area contributed by atoms with E-state index in [9.17, 15) is 8.78 Å². The molecule has 0 spiro atoms. The Morgan fingerprint density at radius 3 is 1.73 bits per heavy atom. The SMILES string of the molecule is CC(C)(C)CC1CCC(C(C)(F)F)CC1. The number of alkyl halides is 2. The molecule has 1 rings (SSSR count). The maximum atomic E-state index is 13.1. The monoisotopic (exact) mass is 218 g/mol. The van der Waals surface area contributed by atoms with Crippen molar-refractivity contribution in [1.29, 1.82) is 0 Å². The molecule has 1 aliphatic rings. The molecule has 1 saturated carbocycles. The van der Waals surface area contributed by atoms with Gasteiger partial charge in [-0.25, -0.2) is 8.78 Å². The fourth-order valence-electron chi connectivity index (χ4n) is 2.74. The van der Waals surface area contributed by atoms with E-state index in [1.165, 1.54) is 6.42 Å². The van der Waals surface area contributed by atoms with Crippen molar-refractivity contribution in [3.8, 4) is 0 Å². The lowest BCUT2D eigenvalue weighted by Crippen LogP contribution is -2.29. The second kappa shape index (κ2) is 4.39. The molecule has 0 aliphatic heterocycles. The van der Waals surface area contributed by atoms with Crippen molar-refractivity contribution >= 4 is 0 Å². The largest absolute Gasteiger partial charge is 0.248 e. The molecule has 0 atom stereocenters. The summed E-state index contributed by atoms with van der Waals surface area (Å²) in [6.07, 6.45) is 4.58. The Bertz CT molecular complexity index is 190. The average Bonchev–Trinajstić information content (AvgIpc) is 2.00. The van der Waals surface area contributed by atoms with E-state index < -0.39 is 5.92 Å². The molecular formula is C13H24F2. The van der Waals surface area contributed by atoms with Crippen molar-refractivity contribution in [3.63, 3.8) is 0 Å². The van der Waals surface area contributed by atoms with Crippen molar-refractivity contribution in [2.45, 2.75) is 65.7 Å². The van der Waals surface area contributed by atoms with E-state index in [0.717, 1.165) is 19.8 Å². The normalized spacial score (nSPS) is 29.2. The molecule has 0 heterocycles. The highest BCUT2D eigenvalue weighted by molar-refractivity contribution is 4.81. The third-order valence-corrected chi connectivity index (χ3v) is 3.46. The van der Waals surface area contributed by atoms with Crippen LogP contribution in [0, 0.1) is 17.3 Å². The van der Waals surface area contributed by atoms with Gasteiger partial charge in [0, 0.05) is 5.92 Å². The molecule has 0 amide bonds. The molecule has 0 radical (unpaired) electrons. The first kappa shape index (κ1) is 12.9. The summed E-state index contributed by atoms with van der Waals surface area (Å²) in [5.41, 5.74) is 0.340. The summed E-state index contributed by atoms with van der Waals surface area (Å²) >= 11 is 0.